The van der Waals surface area contributed by atoms with E-state index in [1.165, 1.54) is 11.5 Å². The zero-order chi connectivity index (χ0) is 20.4. The van der Waals surface area contributed by atoms with E-state index in [4.69, 9.17) is 4.98 Å². The average Bonchev–Trinajstić information content (AvgIpc) is 3.42. The van der Waals surface area contributed by atoms with Gasteiger partial charge in [0.2, 0.25) is 0 Å². The van der Waals surface area contributed by atoms with Crippen LogP contribution in [0, 0.1) is 6.92 Å². The summed E-state index contributed by atoms with van der Waals surface area (Å²) in [7, 11) is 3.75. The lowest BCUT2D eigenvalue weighted by molar-refractivity contribution is 0.242. The van der Waals surface area contributed by atoms with Gasteiger partial charge in [0.25, 0.3) is 0 Å². The molecule has 4 aromatic rings. The lowest BCUT2D eigenvalue weighted by Gasteiger charge is -2.14. The van der Waals surface area contributed by atoms with Gasteiger partial charge in [0.1, 0.15) is 5.00 Å². The fourth-order valence-electron chi connectivity index (χ4n) is 3.20. The smallest absolute Gasteiger partial charge is 0.180 e. The number of fused-ring (bicyclic) bond motifs is 1. The van der Waals surface area contributed by atoms with E-state index >= 15 is 0 Å². The third-order valence-electron chi connectivity index (χ3n) is 4.79. The van der Waals surface area contributed by atoms with Crippen molar-refractivity contribution in [2.24, 2.45) is 7.05 Å². The molecule has 0 aliphatic carbocycles. The van der Waals surface area contributed by atoms with Crippen LogP contribution >= 0.6 is 11.5 Å². The molecule has 0 aromatic carbocycles. The molecule has 0 amide bonds. The van der Waals surface area contributed by atoms with Gasteiger partial charge in [-0.1, -0.05) is 0 Å². The molecule has 0 aliphatic rings. The fraction of sp³-hybridized carbons (Fsp3) is 0.368. The quantitative estimate of drug-likeness (QED) is 0.407. The molecule has 4 heterocycles. The average molecular weight is 413 g/mol. The molecule has 4 rings (SSSR count). The second-order valence-electron chi connectivity index (χ2n) is 6.98. The molecule has 4 aromatic heterocycles. The summed E-state index contributed by atoms with van der Waals surface area (Å²) >= 11 is 1.40. The molecule has 1 unspecified atom stereocenters. The van der Waals surface area contributed by atoms with E-state index in [2.05, 4.69) is 25.1 Å². The molecular weight excluding hydrogens is 388 g/mol. The molecular formula is C19H24N8OS. The number of aliphatic hydroxyl groups is 1. The molecule has 0 radical (unpaired) electrons. The van der Waals surface area contributed by atoms with Gasteiger partial charge in [-0.2, -0.15) is 9.47 Å². The Bertz CT molecular complexity index is 1110. The van der Waals surface area contributed by atoms with Gasteiger partial charge in [-0.3, -0.25) is 9.08 Å². The maximum atomic E-state index is 9.46. The zero-order valence-electron chi connectivity index (χ0n) is 16.6. The van der Waals surface area contributed by atoms with Crippen molar-refractivity contribution in [3.05, 3.63) is 42.2 Å². The van der Waals surface area contributed by atoms with Crippen LogP contribution in [-0.2, 0) is 13.5 Å². The molecule has 0 aliphatic heterocycles. The number of hydrogen-bond acceptors (Lipinski definition) is 8. The summed E-state index contributed by atoms with van der Waals surface area (Å²) in [6.45, 7) is 2.06. The second-order valence-corrected chi connectivity index (χ2v) is 7.79. The van der Waals surface area contributed by atoms with E-state index in [0.717, 1.165) is 46.1 Å². The van der Waals surface area contributed by atoms with Crippen LogP contribution in [0.25, 0.3) is 16.9 Å². The van der Waals surface area contributed by atoms with Crippen molar-refractivity contribution in [1.82, 2.24) is 33.8 Å². The summed E-state index contributed by atoms with van der Waals surface area (Å²) in [4.78, 5) is 9.42. The SMILES string of the molecule is CNC(CO)CCc1cn2c(-c3cnn(C)c3)cnc2c(Nc2cc(C)ns2)n1. The Labute approximate surface area is 172 Å². The van der Waals surface area contributed by atoms with Crippen LogP contribution in [0.5, 0.6) is 0 Å². The molecule has 1 atom stereocenters. The Morgan fingerprint density at radius 3 is 2.79 bits per heavy atom. The highest BCUT2D eigenvalue weighted by atomic mass is 32.1. The number of aliphatic hydroxyl groups excluding tert-OH is 1. The lowest BCUT2D eigenvalue weighted by Crippen LogP contribution is -2.29. The Morgan fingerprint density at radius 1 is 1.28 bits per heavy atom. The van der Waals surface area contributed by atoms with Crippen LogP contribution in [0.3, 0.4) is 0 Å². The maximum absolute atomic E-state index is 9.46. The van der Waals surface area contributed by atoms with Crippen molar-refractivity contribution in [2.75, 3.05) is 19.0 Å². The van der Waals surface area contributed by atoms with Gasteiger partial charge < -0.3 is 15.7 Å². The van der Waals surface area contributed by atoms with Crippen molar-refractivity contribution >= 4 is 28.0 Å². The van der Waals surface area contributed by atoms with Crippen molar-refractivity contribution in [2.45, 2.75) is 25.8 Å². The molecule has 0 spiro atoms. The minimum atomic E-state index is 0.0358. The predicted molar refractivity (Wildman–Crippen MR) is 114 cm³/mol. The standard InChI is InChI=1S/C19H24N8OS/c1-12-6-17(29-25-12)24-18-19-21-8-16(13-7-22-26(3)9-13)27(19)10-14(23-18)4-5-15(11-28)20-2/h6-10,15,20,28H,4-5,11H2,1-3H3,(H,23,24). The van der Waals surface area contributed by atoms with Crippen LogP contribution in [0.2, 0.25) is 0 Å². The van der Waals surface area contributed by atoms with Crippen LogP contribution in [0.4, 0.5) is 10.8 Å². The molecule has 0 saturated heterocycles. The topological polar surface area (TPSA) is 105 Å². The van der Waals surface area contributed by atoms with Gasteiger partial charge in [-0.15, -0.1) is 0 Å². The van der Waals surface area contributed by atoms with Gasteiger partial charge in [0.15, 0.2) is 11.5 Å². The first kappa shape index (κ1) is 19.5. The number of aromatic nitrogens is 6. The molecule has 152 valence electrons. The van der Waals surface area contributed by atoms with Gasteiger partial charge in [-0.25, -0.2) is 9.97 Å². The molecule has 0 bridgehead atoms. The molecule has 0 saturated carbocycles. The van der Waals surface area contributed by atoms with Crippen molar-refractivity contribution < 1.29 is 5.11 Å². The fourth-order valence-corrected chi connectivity index (χ4v) is 3.86. The van der Waals surface area contributed by atoms with E-state index in [1.807, 2.05) is 56.3 Å². The summed E-state index contributed by atoms with van der Waals surface area (Å²) in [5.74, 6) is 0.686. The Hall–Kier alpha value is -2.82. The van der Waals surface area contributed by atoms with Crippen LogP contribution in [0.15, 0.2) is 30.9 Å². The van der Waals surface area contributed by atoms with Crippen LogP contribution in [0.1, 0.15) is 17.8 Å². The first-order chi connectivity index (χ1) is 14.1. The first-order valence-corrected chi connectivity index (χ1v) is 10.2. The summed E-state index contributed by atoms with van der Waals surface area (Å²) in [5.41, 5.74) is 4.56. The largest absolute Gasteiger partial charge is 0.395 e. The maximum Gasteiger partial charge on any atom is 0.180 e. The minimum Gasteiger partial charge on any atom is -0.395 e. The van der Waals surface area contributed by atoms with Crippen molar-refractivity contribution in [3.63, 3.8) is 0 Å². The highest BCUT2D eigenvalue weighted by Gasteiger charge is 2.15. The molecule has 9 nitrogen and oxygen atoms in total. The third kappa shape index (κ3) is 4.14. The number of imidazole rings is 1. The van der Waals surface area contributed by atoms with Crippen LogP contribution in [-0.4, -0.2) is 53.3 Å². The highest BCUT2D eigenvalue weighted by Crippen LogP contribution is 2.27. The van der Waals surface area contributed by atoms with Gasteiger partial charge >= 0.3 is 0 Å². The monoisotopic (exact) mass is 412 g/mol. The molecule has 3 N–H and O–H groups in total. The Kier molecular flexibility index (Phi) is 5.56. The molecule has 29 heavy (non-hydrogen) atoms. The summed E-state index contributed by atoms with van der Waals surface area (Å²) in [6.07, 6.45) is 9.14. The van der Waals surface area contributed by atoms with Crippen molar-refractivity contribution in [1.29, 1.82) is 0 Å². The molecule has 0 fully saturated rings. The lowest BCUT2D eigenvalue weighted by atomic mass is 10.1. The van der Waals surface area contributed by atoms with E-state index in [-0.39, 0.29) is 12.6 Å². The molecule has 10 heteroatoms. The summed E-state index contributed by atoms with van der Waals surface area (Å²) < 4.78 is 8.15. The zero-order valence-corrected chi connectivity index (χ0v) is 17.4. The Morgan fingerprint density at radius 2 is 2.14 bits per heavy atom. The van der Waals surface area contributed by atoms with E-state index < -0.39 is 0 Å². The second kappa shape index (κ2) is 8.27. The van der Waals surface area contributed by atoms with E-state index in [9.17, 15) is 5.11 Å². The number of hydrogen-bond donors (Lipinski definition) is 3. The number of nitrogens with zero attached hydrogens (tertiary/aromatic N) is 6. The van der Waals surface area contributed by atoms with Gasteiger partial charge in [0, 0.05) is 31.0 Å². The summed E-state index contributed by atoms with van der Waals surface area (Å²) in [5, 5.41) is 21.2. The third-order valence-corrected chi connectivity index (χ3v) is 5.59. The van der Waals surface area contributed by atoms with E-state index in [0.29, 0.717) is 5.82 Å². The first-order valence-electron chi connectivity index (χ1n) is 9.42. The highest BCUT2D eigenvalue weighted by molar-refractivity contribution is 7.10. The predicted octanol–water partition coefficient (Wildman–Crippen LogP) is 2.15. The minimum absolute atomic E-state index is 0.0358. The van der Waals surface area contributed by atoms with Gasteiger partial charge in [-0.05, 0) is 44.4 Å². The van der Waals surface area contributed by atoms with Crippen molar-refractivity contribution in [3.8, 4) is 11.3 Å². The normalized spacial score (nSPS) is 12.6. The Balaban J connectivity index is 1.75. The van der Waals surface area contributed by atoms with Gasteiger partial charge in [0.05, 0.1) is 36.1 Å². The van der Waals surface area contributed by atoms with Crippen LogP contribution < -0.4 is 10.6 Å². The number of rotatable bonds is 8. The number of likely N-dealkylation sites (N-methyl/N-ethyl adjacent to an activating group) is 1. The summed E-state index contributed by atoms with van der Waals surface area (Å²) in [6, 6.07) is 2.03. The van der Waals surface area contributed by atoms with E-state index in [1.54, 1.807) is 4.68 Å². The number of nitrogens with one attached hydrogen (secondary N) is 2. The number of aryl methyl sites for hydroxylation is 3. The number of anilines is 2.